The molecule has 170 valence electrons. The van der Waals surface area contributed by atoms with Crippen LogP contribution < -0.4 is 5.32 Å². The first-order valence-corrected chi connectivity index (χ1v) is 11.1. The van der Waals surface area contributed by atoms with Crippen LogP contribution in [-0.4, -0.2) is 40.6 Å². The minimum absolute atomic E-state index is 0.194. The summed E-state index contributed by atoms with van der Waals surface area (Å²) in [5.41, 5.74) is 3.29. The van der Waals surface area contributed by atoms with Crippen LogP contribution >= 0.6 is 0 Å². The molecule has 2 aliphatic rings. The number of halogens is 1. The Morgan fingerprint density at radius 3 is 2.28 bits per heavy atom. The molecule has 0 atom stereocenters. The van der Waals surface area contributed by atoms with E-state index in [1.807, 2.05) is 45.0 Å². The molecular formula is C25H30FN3O3. The fourth-order valence-electron chi connectivity index (χ4n) is 4.27. The van der Waals surface area contributed by atoms with Crippen molar-refractivity contribution < 1.29 is 18.7 Å². The van der Waals surface area contributed by atoms with E-state index in [1.54, 1.807) is 15.9 Å². The van der Waals surface area contributed by atoms with E-state index in [0.29, 0.717) is 32.1 Å². The van der Waals surface area contributed by atoms with Crippen molar-refractivity contribution in [1.29, 1.82) is 0 Å². The normalized spacial score (nSPS) is 16.6. The molecule has 0 bridgehead atoms. The molecule has 32 heavy (non-hydrogen) atoms. The van der Waals surface area contributed by atoms with Gasteiger partial charge in [0.05, 0.1) is 0 Å². The van der Waals surface area contributed by atoms with Crippen LogP contribution in [0.2, 0.25) is 0 Å². The number of hydrogen-bond acceptors (Lipinski definition) is 3. The molecule has 2 aromatic rings. The zero-order chi connectivity index (χ0) is 22.9. The van der Waals surface area contributed by atoms with Crippen molar-refractivity contribution in [3.63, 3.8) is 0 Å². The van der Waals surface area contributed by atoms with E-state index in [2.05, 4.69) is 5.32 Å². The van der Waals surface area contributed by atoms with Crippen LogP contribution in [0.25, 0.3) is 0 Å². The minimum atomic E-state index is -0.484. The average Bonchev–Trinajstić information content (AvgIpc) is 3.17. The highest BCUT2D eigenvalue weighted by atomic mass is 19.1. The Labute approximate surface area is 188 Å². The van der Waals surface area contributed by atoms with Crippen LogP contribution in [0.1, 0.15) is 56.2 Å². The summed E-state index contributed by atoms with van der Waals surface area (Å²) >= 11 is 0. The predicted molar refractivity (Wildman–Crippen MR) is 121 cm³/mol. The van der Waals surface area contributed by atoms with Crippen LogP contribution in [0.3, 0.4) is 0 Å². The van der Waals surface area contributed by atoms with E-state index >= 15 is 0 Å². The smallest absolute Gasteiger partial charge is 0.410 e. The Balaban J connectivity index is 1.29. The fourth-order valence-corrected chi connectivity index (χ4v) is 4.27. The quantitative estimate of drug-likeness (QED) is 0.673. The van der Waals surface area contributed by atoms with Gasteiger partial charge in [0.15, 0.2) is 0 Å². The number of ether oxygens (including phenoxy) is 1. The first kappa shape index (κ1) is 22.1. The van der Waals surface area contributed by atoms with E-state index in [-0.39, 0.29) is 17.9 Å². The number of amides is 3. The maximum Gasteiger partial charge on any atom is 0.410 e. The van der Waals surface area contributed by atoms with E-state index in [9.17, 15) is 14.0 Å². The van der Waals surface area contributed by atoms with Gasteiger partial charge >= 0.3 is 12.1 Å². The summed E-state index contributed by atoms with van der Waals surface area (Å²) in [6.45, 7) is 7.87. The Morgan fingerprint density at radius 1 is 0.969 bits per heavy atom. The van der Waals surface area contributed by atoms with Gasteiger partial charge in [-0.3, -0.25) is 0 Å². The monoisotopic (exact) mass is 439 g/mol. The summed E-state index contributed by atoms with van der Waals surface area (Å²) in [4.78, 5) is 28.3. The largest absolute Gasteiger partial charge is 0.444 e. The molecule has 0 unspecified atom stereocenters. The number of piperidine rings is 1. The maximum atomic E-state index is 13.4. The lowest BCUT2D eigenvalue weighted by Gasteiger charge is -2.33. The molecule has 0 radical (unpaired) electrons. The highest BCUT2D eigenvalue weighted by Gasteiger charge is 2.28. The lowest BCUT2D eigenvalue weighted by atomic mass is 9.89. The van der Waals surface area contributed by atoms with Crippen molar-refractivity contribution in [1.82, 2.24) is 9.80 Å². The third-order valence-corrected chi connectivity index (χ3v) is 5.96. The van der Waals surface area contributed by atoms with Gasteiger partial charge in [0.2, 0.25) is 0 Å². The van der Waals surface area contributed by atoms with Gasteiger partial charge in [-0.05, 0) is 80.5 Å². The van der Waals surface area contributed by atoms with Gasteiger partial charge in [0.1, 0.15) is 11.4 Å². The number of urea groups is 1. The van der Waals surface area contributed by atoms with Crippen molar-refractivity contribution in [2.45, 2.75) is 58.2 Å². The number of carbonyl (C=O) groups excluding carboxylic acids is 2. The van der Waals surface area contributed by atoms with E-state index < -0.39 is 5.60 Å². The van der Waals surface area contributed by atoms with Crippen LogP contribution in [0.5, 0.6) is 0 Å². The molecule has 1 N–H and O–H groups in total. The Morgan fingerprint density at radius 2 is 1.62 bits per heavy atom. The minimum Gasteiger partial charge on any atom is -0.444 e. The maximum absolute atomic E-state index is 13.4. The molecule has 7 heteroatoms. The molecule has 4 rings (SSSR count). The van der Waals surface area contributed by atoms with Crippen LogP contribution in [0.15, 0.2) is 42.5 Å². The van der Waals surface area contributed by atoms with E-state index in [4.69, 9.17) is 4.74 Å². The predicted octanol–water partition coefficient (Wildman–Crippen LogP) is 5.49. The molecule has 0 saturated carbocycles. The summed E-state index contributed by atoms with van der Waals surface area (Å²) in [6.07, 6.45) is 1.52. The lowest BCUT2D eigenvalue weighted by Crippen LogP contribution is -2.41. The highest BCUT2D eigenvalue weighted by Crippen LogP contribution is 2.30. The van der Waals surface area contributed by atoms with Crippen molar-refractivity contribution in [2.75, 3.05) is 18.4 Å². The standard InChI is InChI=1S/C25H30FN3O3/c1-25(2,3)32-24(31)28-12-10-18(11-13-28)17-5-8-22(9-6-17)27-23(30)29-15-19-4-7-21(26)14-20(19)16-29/h4-9,14,18H,10-13,15-16H2,1-3H3,(H,27,30). The lowest BCUT2D eigenvalue weighted by molar-refractivity contribution is 0.0205. The Bertz CT molecular complexity index is 992. The summed E-state index contributed by atoms with van der Waals surface area (Å²) in [7, 11) is 0. The third kappa shape index (κ3) is 5.21. The number of fused-ring (bicyclic) bond motifs is 1. The summed E-state index contributed by atoms with van der Waals surface area (Å²) in [5, 5.41) is 2.93. The van der Waals surface area contributed by atoms with Gasteiger partial charge < -0.3 is 19.9 Å². The van der Waals surface area contributed by atoms with Gasteiger partial charge in [0.25, 0.3) is 0 Å². The molecule has 0 spiro atoms. The number of carbonyl (C=O) groups is 2. The second-order valence-electron chi connectivity index (χ2n) is 9.56. The average molecular weight is 440 g/mol. The molecule has 2 heterocycles. The SMILES string of the molecule is CC(C)(C)OC(=O)N1CCC(c2ccc(NC(=O)N3Cc4ccc(F)cc4C3)cc2)CC1. The van der Waals surface area contributed by atoms with Gasteiger partial charge in [-0.1, -0.05) is 18.2 Å². The number of likely N-dealkylation sites (tertiary alicyclic amines) is 1. The molecule has 2 aliphatic heterocycles. The van der Waals surface area contributed by atoms with Crippen molar-refractivity contribution >= 4 is 17.8 Å². The van der Waals surface area contributed by atoms with E-state index in [0.717, 1.165) is 29.7 Å². The van der Waals surface area contributed by atoms with Crippen LogP contribution in [0.4, 0.5) is 19.7 Å². The first-order chi connectivity index (χ1) is 15.2. The molecule has 1 fully saturated rings. The highest BCUT2D eigenvalue weighted by molar-refractivity contribution is 5.89. The fraction of sp³-hybridized carbons (Fsp3) is 0.440. The number of nitrogens with zero attached hydrogens (tertiary/aromatic N) is 2. The number of hydrogen-bond donors (Lipinski definition) is 1. The molecule has 2 aromatic carbocycles. The number of benzene rings is 2. The zero-order valence-electron chi connectivity index (χ0n) is 18.9. The first-order valence-electron chi connectivity index (χ1n) is 11.1. The van der Waals surface area contributed by atoms with Gasteiger partial charge in [0, 0.05) is 31.9 Å². The molecular weight excluding hydrogens is 409 g/mol. The molecule has 6 nitrogen and oxygen atoms in total. The van der Waals surface area contributed by atoms with Gasteiger partial charge in [-0.2, -0.15) is 0 Å². The molecule has 1 saturated heterocycles. The second kappa shape index (κ2) is 8.81. The molecule has 0 aliphatic carbocycles. The summed E-state index contributed by atoms with van der Waals surface area (Å²) in [5.74, 6) is 0.0972. The Hall–Kier alpha value is -3.09. The zero-order valence-corrected chi connectivity index (χ0v) is 18.9. The topological polar surface area (TPSA) is 61.9 Å². The number of nitrogens with one attached hydrogen (secondary N) is 1. The van der Waals surface area contributed by atoms with Crippen LogP contribution in [0, 0.1) is 5.82 Å². The Kier molecular flexibility index (Phi) is 6.09. The number of rotatable bonds is 2. The third-order valence-electron chi connectivity index (χ3n) is 5.96. The van der Waals surface area contributed by atoms with Crippen molar-refractivity contribution in [3.05, 3.63) is 65.0 Å². The summed E-state index contributed by atoms with van der Waals surface area (Å²) < 4.78 is 18.9. The van der Waals surface area contributed by atoms with Gasteiger partial charge in [-0.25, -0.2) is 14.0 Å². The van der Waals surface area contributed by atoms with Crippen molar-refractivity contribution in [2.24, 2.45) is 0 Å². The van der Waals surface area contributed by atoms with Gasteiger partial charge in [-0.15, -0.1) is 0 Å². The summed E-state index contributed by atoms with van der Waals surface area (Å²) in [6, 6.07) is 12.4. The molecule has 0 aromatic heterocycles. The number of anilines is 1. The second-order valence-corrected chi connectivity index (χ2v) is 9.56. The van der Waals surface area contributed by atoms with Crippen molar-refractivity contribution in [3.8, 4) is 0 Å². The molecule has 3 amide bonds. The van der Waals surface area contributed by atoms with Crippen LogP contribution in [-0.2, 0) is 17.8 Å². The van der Waals surface area contributed by atoms with E-state index in [1.165, 1.54) is 17.7 Å².